The van der Waals surface area contributed by atoms with Gasteiger partial charge in [0.25, 0.3) is 15.9 Å². The molecule has 43 heavy (non-hydrogen) atoms. The summed E-state index contributed by atoms with van der Waals surface area (Å²) in [4.78, 5) is 26.1. The minimum absolute atomic E-state index is 0.0339. The van der Waals surface area contributed by atoms with Crippen molar-refractivity contribution in [2.24, 2.45) is 0 Å². The Balaban J connectivity index is 1.66. The van der Waals surface area contributed by atoms with Gasteiger partial charge in [-0.15, -0.1) is 0 Å². The fraction of sp³-hybridized carbons (Fsp3) is 0.258. The van der Waals surface area contributed by atoms with Gasteiger partial charge < -0.3 is 14.2 Å². The summed E-state index contributed by atoms with van der Waals surface area (Å²) in [5.74, 6) is -0.0846. The lowest BCUT2D eigenvalue weighted by Gasteiger charge is -2.41. The molecule has 1 unspecified atom stereocenters. The number of anilines is 1. The maximum atomic E-state index is 15.3. The number of rotatable bonds is 8. The number of pyridine rings is 2. The van der Waals surface area contributed by atoms with Crippen molar-refractivity contribution in [2.75, 3.05) is 32.2 Å². The first-order chi connectivity index (χ1) is 20.8. The molecule has 2 atom stereocenters. The number of amides is 1. The molecule has 0 bridgehead atoms. The molecule has 12 heteroatoms. The SMILES string of the molecule is COc1ccc(S(=O)(=O)N2C(=O)[C@@](c3cccnc3OC)(N3CCCC3c3ccccn3)c3cc(Cl)ccc32)c(OC)c1. The van der Waals surface area contributed by atoms with E-state index in [1.165, 1.54) is 39.5 Å². The van der Waals surface area contributed by atoms with Gasteiger partial charge in [0.15, 0.2) is 5.54 Å². The zero-order valence-electron chi connectivity index (χ0n) is 23.7. The van der Waals surface area contributed by atoms with Gasteiger partial charge in [0.2, 0.25) is 5.88 Å². The number of halogens is 1. The number of aromatic nitrogens is 2. The number of likely N-dealkylation sites (tertiary alicyclic amines) is 1. The molecule has 2 aliphatic heterocycles. The molecule has 0 N–H and O–H groups in total. The zero-order chi connectivity index (χ0) is 30.4. The third kappa shape index (κ3) is 4.41. The van der Waals surface area contributed by atoms with Crippen LogP contribution in [0.1, 0.15) is 35.7 Å². The van der Waals surface area contributed by atoms with Gasteiger partial charge in [0, 0.05) is 41.2 Å². The molecule has 2 aliphatic rings. The Morgan fingerprint density at radius 2 is 1.72 bits per heavy atom. The summed E-state index contributed by atoms with van der Waals surface area (Å²) in [6.07, 6.45) is 4.71. The van der Waals surface area contributed by atoms with E-state index in [4.69, 9.17) is 25.8 Å². The van der Waals surface area contributed by atoms with E-state index >= 15 is 4.79 Å². The van der Waals surface area contributed by atoms with Crippen LogP contribution in [-0.2, 0) is 20.4 Å². The number of fused-ring (bicyclic) bond motifs is 1. The number of methoxy groups -OCH3 is 3. The van der Waals surface area contributed by atoms with Gasteiger partial charge >= 0.3 is 0 Å². The Labute approximate surface area is 254 Å². The van der Waals surface area contributed by atoms with Gasteiger partial charge in [-0.3, -0.25) is 14.7 Å². The maximum Gasteiger partial charge on any atom is 0.274 e. The van der Waals surface area contributed by atoms with Crippen molar-refractivity contribution >= 4 is 33.2 Å². The summed E-state index contributed by atoms with van der Waals surface area (Å²) >= 11 is 6.59. The van der Waals surface area contributed by atoms with Crippen molar-refractivity contribution in [2.45, 2.75) is 29.3 Å². The number of hydrogen-bond acceptors (Lipinski definition) is 9. The summed E-state index contributed by atoms with van der Waals surface area (Å²) < 4.78 is 46.5. The lowest BCUT2D eigenvalue weighted by Crippen LogP contribution is -2.54. The van der Waals surface area contributed by atoms with Crippen molar-refractivity contribution in [1.29, 1.82) is 0 Å². The average Bonchev–Trinajstić information content (AvgIpc) is 3.62. The predicted octanol–water partition coefficient (Wildman–Crippen LogP) is 4.97. The first kappa shape index (κ1) is 28.9. The second kappa shape index (κ2) is 11.1. The highest BCUT2D eigenvalue weighted by Gasteiger charge is 2.62. The number of sulfonamides is 1. The minimum Gasteiger partial charge on any atom is -0.497 e. The first-order valence-electron chi connectivity index (χ1n) is 13.6. The number of carbonyl (C=O) groups excluding carboxylic acids is 1. The molecule has 222 valence electrons. The van der Waals surface area contributed by atoms with Crippen molar-refractivity contribution in [3.8, 4) is 17.4 Å². The van der Waals surface area contributed by atoms with E-state index in [-0.39, 0.29) is 28.3 Å². The van der Waals surface area contributed by atoms with Gasteiger partial charge in [-0.1, -0.05) is 17.7 Å². The number of carbonyl (C=O) groups is 1. The fourth-order valence-corrected chi connectivity index (χ4v) is 8.02. The summed E-state index contributed by atoms with van der Waals surface area (Å²) in [7, 11) is -0.239. The van der Waals surface area contributed by atoms with E-state index in [2.05, 4.69) is 9.97 Å². The van der Waals surface area contributed by atoms with Crippen LogP contribution < -0.4 is 18.5 Å². The first-order valence-corrected chi connectivity index (χ1v) is 15.4. The molecule has 10 nitrogen and oxygen atoms in total. The Morgan fingerprint density at radius 1 is 0.907 bits per heavy atom. The van der Waals surface area contributed by atoms with Gasteiger partial charge in [0.05, 0.1) is 38.8 Å². The van der Waals surface area contributed by atoms with Crippen LogP contribution in [0.5, 0.6) is 17.4 Å². The van der Waals surface area contributed by atoms with Gasteiger partial charge in [0.1, 0.15) is 16.4 Å². The average molecular weight is 621 g/mol. The molecular weight excluding hydrogens is 592 g/mol. The maximum absolute atomic E-state index is 15.3. The topological polar surface area (TPSA) is 111 Å². The molecule has 2 aromatic carbocycles. The molecule has 1 amide bonds. The highest BCUT2D eigenvalue weighted by atomic mass is 35.5. The van der Waals surface area contributed by atoms with E-state index < -0.39 is 21.5 Å². The quantitative estimate of drug-likeness (QED) is 0.269. The number of nitrogens with zero attached hydrogens (tertiary/aromatic N) is 4. The van der Waals surface area contributed by atoms with Crippen LogP contribution in [0.3, 0.4) is 0 Å². The van der Waals surface area contributed by atoms with Crippen LogP contribution >= 0.6 is 11.6 Å². The van der Waals surface area contributed by atoms with Crippen LogP contribution in [0.15, 0.2) is 84.0 Å². The van der Waals surface area contributed by atoms with E-state index in [1.807, 2.05) is 23.1 Å². The van der Waals surface area contributed by atoms with E-state index in [1.54, 1.807) is 42.7 Å². The highest BCUT2D eigenvalue weighted by Crippen LogP contribution is 2.56. The van der Waals surface area contributed by atoms with Crippen LogP contribution in [0.2, 0.25) is 5.02 Å². The summed E-state index contributed by atoms with van der Waals surface area (Å²) in [6.45, 7) is 0.469. The van der Waals surface area contributed by atoms with Crippen molar-refractivity contribution < 1.29 is 27.4 Å². The molecule has 2 aromatic heterocycles. The third-order valence-electron chi connectivity index (χ3n) is 8.02. The Hall–Kier alpha value is -4.19. The molecule has 0 saturated carbocycles. The Morgan fingerprint density at radius 3 is 2.44 bits per heavy atom. The zero-order valence-corrected chi connectivity index (χ0v) is 25.3. The lowest BCUT2D eigenvalue weighted by atomic mass is 9.81. The normalized spacial score (nSPS) is 20.2. The molecule has 0 spiro atoms. The predicted molar refractivity (Wildman–Crippen MR) is 160 cm³/mol. The number of hydrogen-bond donors (Lipinski definition) is 0. The van der Waals surface area contributed by atoms with Crippen LogP contribution in [-0.4, -0.2) is 57.1 Å². The van der Waals surface area contributed by atoms with Crippen molar-refractivity contribution in [3.63, 3.8) is 0 Å². The molecular formula is C31H29ClN4O6S. The van der Waals surface area contributed by atoms with E-state index in [0.717, 1.165) is 16.4 Å². The van der Waals surface area contributed by atoms with E-state index in [0.29, 0.717) is 34.9 Å². The van der Waals surface area contributed by atoms with Crippen molar-refractivity contribution in [3.05, 3.63) is 101 Å². The highest BCUT2D eigenvalue weighted by molar-refractivity contribution is 7.93. The summed E-state index contributed by atoms with van der Waals surface area (Å²) in [5.41, 5.74) is 0.0516. The molecule has 4 aromatic rings. The molecule has 1 fully saturated rings. The summed E-state index contributed by atoms with van der Waals surface area (Å²) in [6, 6.07) is 17.9. The second-order valence-electron chi connectivity index (χ2n) is 10.1. The largest absolute Gasteiger partial charge is 0.497 e. The van der Waals surface area contributed by atoms with Gasteiger partial charge in [-0.25, -0.2) is 17.7 Å². The number of benzene rings is 2. The van der Waals surface area contributed by atoms with E-state index in [9.17, 15) is 8.42 Å². The monoisotopic (exact) mass is 620 g/mol. The minimum atomic E-state index is -4.54. The Bertz CT molecular complexity index is 1810. The second-order valence-corrected chi connectivity index (χ2v) is 12.3. The molecule has 4 heterocycles. The molecule has 6 rings (SSSR count). The van der Waals surface area contributed by atoms with Crippen LogP contribution in [0.4, 0.5) is 5.69 Å². The smallest absolute Gasteiger partial charge is 0.274 e. The number of ether oxygens (including phenoxy) is 3. The molecule has 0 radical (unpaired) electrons. The molecule has 0 aliphatic carbocycles. The standard InChI is InChI=1S/C31H29ClN4O6S/c1-40-21-12-14-28(27(19-21)41-2)43(38,39)36-25-13-11-20(32)18-23(25)31(30(36)37,22-8-6-16-34-29(22)42-3)35-17-7-10-26(35)24-9-4-5-15-33-24/h4-6,8-9,11-16,18-19,26H,7,10,17H2,1-3H3/t26?,31-/m0/s1. The van der Waals surface area contributed by atoms with Crippen molar-refractivity contribution in [1.82, 2.24) is 14.9 Å². The lowest BCUT2D eigenvalue weighted by molar-refractivity contribution is -0.127. The molecule has 1 saturated heterocycles. The third-order valence-corrected chi connectivity index (χ3v) is 9.99. The Kier molecular flexibility index (Phi) is 7.49. The summed E-state index contributed by atoms with van der Waals surface area (Å²) in [5, 5.41) is 0.341. The van der Waals surface area contributed by atoms with Gasteiger partial charge in [-0.05, 0) is 67.4 Å². The van der Waals surface area contributed by atoms with Crippen LogP contribution in [0.25, 0.3) is 0 Å². The van der Waals surface area contributed by atoms with Crippen LogP contribution in [0, 0.1) is 0 Å². The van der Waals surface area contributed by atoms with Gasteiger partial charge in [-0.2, -0.15) is 0 Å². The fourth-order valence-electron chi connectivity index (χ4n) is 6.24.